The van der Waals surface area contributed by atoms with Crippen molar-refractivity contribution in [2.75, 3.05) is 0 Å². The number of nitrogens with one attached hydrogen (secondary N) is 1. The van der Waals surface area contributed by atoms with Crippen LogP contribution >= 0.6 is 0 Å². The summed E-state index contributed by atoms with van der Waals surface area (Å²) in [7, 11) is 0. The number of aromatic amines is 1. The van der Waals surface area contributed by atoms with Crippen LogP contribution in [-0.2, 0) is 0 Å². The Morgan fingerprint density at radius 3 is 3.18 bits per heavy atom. The fourth-order valence-corrected chi connectivity index (χ4v) is 0.964. The smallest absolute Gasteiger partial charge is 0.151 e. The zero-order chi connectivity index (χ0) is 7.84. The molecule has 2 rings (SSSR count). The van der Waals surface area contributed by atoms with Gasteiger partial charge in [0.2, 0.25) is 0 Å². The van der Waals surface area contributed by atoms with Gasteiger partial charge in [-0.2, -0.15) is 0 Å². The quantitative estimate of drug-likeness (QED) is 0.618. The molecule has 4 heteroatoms. The number of rotatable bonds is 0. The molecule has 2 aromatic heterocycles. The number of halogens is 1. The Balaban J connectivity index is 2.86. The van der Waals surface area contributed by atoms with Crippen molar-refractivity contribution in [3.63, 3.8) is 0 Å². The maximum absolute atomic E-state index is 12.8. The van der Waals surface area contributed by atoms with Gasteiger partial charge in [-0.15, -0.1) is 0 Å². The van der Waals surface area contributed by atoms with Crippen molar-refractivity contribution in [2.24, 2.45) is 0 Å². The predicted octanol–water partition coefficient (Wildman–Crippen LogP) is 1.41. The van der Waals surface area contributed by atoms with E-state index in [1.807, 2.05) is 0 Å². The summed E-state index contributed by atoms with van der Waals surface area (Å²) >= 11 is 0. The molecule has 0 aliphatic rings. The van der Waals surface area contributed by atoms with Crippen molar-refractivity contribution in [1.82, 2.24) is 15.0 Å². The summed E-state index contributed by atoms with van der Waals surface area (Å²) in [5, 5.41) is 0.440. The Morgan fingerprint density at radius 2 is 2.36 bits per heavy atom. The van der Waals surface area contributed by atoms with Crippen LogP contribution in [0.2, 0.25) is 0 Å². The number of H-pyrrole nitrogens is 1. The minimum atomic E-state index is -0.306. The van der Waals surface area contributed by atoms with Gasteiger partial charge in [0.15, 0.2) is 5.82 Å². The second kappa shape index (κ2) is 2.02. The molecule has 0 aromatic carbocycles. The second-order valence-electron chi connectivity index (χ2n) is 2.32. The topological polar surface area (TPSA) is 41.6 Å². The molecule has 0 bridgehead atoms. The first-order chi connectivity index (χ1) is 5.27. The Morgan fingerprint density at radius 1 is 1.55 bits per heavy atom. The van der Waals surface area contributed by atoms with Crippen LogP contribution in [0.15, 0.2) is 12.4 Å². The molecule has 1 N–H and O–H groups in total. The van der Waals surface area contributed by atoms with Crippen molar-refractivity contribution in [3.8, 4) is 0 Å². The van der Waals surface area contributed by atoms with E-state index in [0.717, 1.165) is 0 Å². The molecule has 0 aliphatic carbocycles. The van der Waals surface area contributed by atoms with Crippen molar-refractivity contribution in [2.45, 2.75) is 6.92 Å². The molecule has 0 saturated heterocycles. The summed E-state index contributed by atoms with van der Waals surface area (Å²) in [5.41, 5.74) is 0.551. The van der Waals surface area contributed by atoms with Crippen LogP contribution in [0.1, 0.15) is 5.82 Å². The van der Waals surface area contributed by atoms with E-state index < -0.39 is 0 Å². The monoisotopic (exact) mass is 151 g/mol. The highest BCUT2D eigenvalue weighted by Crippen LogP contribution is 2.12. The van der Waals surface area contributed by atoms with Crippen LogP contribution in [0.4, 0.5) is 4.39 Å². The van der Waals surface area contributed by atoms with E-state index >= 15 is 0 Å². The molecule has 0 aliphatic heterocycles. The highest BCUT2D eigenvalue weighted by Gasteiger charge is 2.02. The summed E-state index contributed by atoms with van der Waals surface area (Å²) in [6, 6.07) is 0. The van der Waals surface area contributed by atoms with E-state index in [0.29, 0.717) is 16.9 Å². The van der Waals surface area contributed by atoms with Crippen LogP contribution < -0.4 is 0 Å². The van der Waals surface area contributed by atoms with E-state index in [1.165, 1.54) is 12.4 Å². The highest BCUT2D eigenvalue weighted by molar-refractivity contribution is 5.74. The van der Waals surface area contributed by atoms with Crippen LogP contribution in [0.5, 0.6) is 0 Å². The highest BCUT2D eigenvalue weighted by atomic mass is 19.1. The molecule has 0 unspecified atom stereocenters. The van der Waals surface area contributed by atoms with Crippen molar-refractivity contribution in [3.05, 3.63) is 24.0 Å². The lowest BCUT2D eigenvalue weighted by Gasteiger charge is -1.89. The lowest BCUT2D eigenvalue weighted by molar-refractivity contribution is 0.639. The molecule has 3 nitrogen and oxygen atoms in total. The Bertz CT molecular complexity index is 393. The summed E-state index contributed by atoms with van der Waals surface area (Å²) in [5.74, 6) is 0.333. The van der Waals surface area contributed by atoms with Gasteiger partial charge in [-0.05, 0) is 6.92 Å². The van der Waals surface area contributed by atoms with E-state index in [1.54, 1.807) is 6.92 Å². The summed E-state index contributed by atoms with van der Waals surface area (Å²) in [6.45, 7) is 1.76. The number of hydrogen-bond acceptors (Lipinski definition) is 2. The largest absolute Gasteiger partial charge is 0.343 e. The van der Waals surface area contributed by atoms with Gasteiger partial charge in [-0.1, -0.05) is 0 Å². The van der Waals surface area contributed by atoms with Crippen LogP contribution in [0.25, 0.3) is 11.0 Å². The Hall–Kier alpha value is -1.45. The standard InChI is InChI=1S/C7H6FN3/c1-4-9-2-5-6(8)3-10-7(5)11-4/h2-3H,1H3,(H,9,10,11). The van der Waals surface area contributed by atoms with Gasteiger partial charge in [0.05, 0.1) is 5.39 Å². The number of nitrogens with zero attached hydrogens (tertiary/aromatic N) is 2. The lowest BCUT2D eigenvalue weighted by atomic mass is 10.4. The van der Waals surface area contributed by atoms with Crippen molar-refractivity contribution in [1.29, 1.82) is 0 Å². The van der Waals surface area contributed by atoms with Gasteiger partial charge < -0.3 is 4.98 Å². The van der Waals surface area contributed by atoms with Crippen LogP contribution in [-0.4, -0.2) is 15.0 Å². The number of aryl methyl sites for hydroxylation is 1. The molecule has 56 valence electrons. The fraction of sp³-hybridized carbons (Fsp3) is 0.143. The van der Waals surface area contributed by atoms with Crippen LogP contribution in [0.3, 0.4) is 0 Å². The summed E-state index contributed by atoms with van der Waals surface area (Å²) in [4.78, 5) is 10.6. The molecular formula is C7H6FN3. The van der Waals surface area contributed by atoms with Gasteiger partial charge in [0.1, 0.15) is 11.5 Å². The first-order valence-corrected chi connectivity index (χ1v) is 3.23. The molecule has 0 spiro atoms. The number of fused-ring (bicyclic) bond motifs is 1. The average molecular weight is 151 g/mol. The number of aromatic nitrogens is 3. The molecular weight excluding hydrogens is 145 g/mol. The molecule has 0 saturated carbocycles. The third-order valence-electron chi connectivity index (χ3n) is 1.50. The second-order valence-corrected chi connectivity index (χ2v) is 2.32. The van der Waals surface area contributed by atoms with Gasteiger partial charge >= 0.3 is 0 Å². The third-order valence-corrected chi connectivity index (χ3v) is 1.50. The summed E-state index contributed by atoms with van der Waals surface area (Å²) in [6.07, 6.45) is 2.75. The molecule has 0 amide bonds. The SMILES string of the molecule is Cc1ncc2c(F)c[nH]c2n1. The summed E-state index contributed by atoms with van der Waals surface area (Å²) < 4.78 is 12.8. The fourth-order valence-electron chi connectivity index (χ4n) is 0.964. The molecule has 0 atom stereocenters. The first-order valence-electron chi connectivity index (χ1n) is 3.23. The van der Waals surface area contributed by atoms with E-state index in [2.05, 4.69) is 15.0 Å². The first kappa shape index (κ1) is 6.27. The molecule has 2 heterocycles. The average Bonchev–Trinajstić information content (AvgIpc) is 2.32. The van der Waals surface area contributed by atoms with Gasteiger partial charge in [-0.3, -0.25) is 0 Å². The molecule has 0 radical (unpaired) electrons. The Kier molecular flexibility index (Phi) is 1.15. The zero-order valence-electron chi connectivity index (χ0n) is 5.93. The van der Waals surface area contributed by atoms with Gasteiger partial charge in [-0.25, -0.2) is 14.4 Å². The Labute approximate surface area is 62.3 Å². The maximum atomic E-state index is 12.8. The van der Waals surface area contributed by atoms with Crippen molar-refractivity contribution < 1.29 is 4.39 Å². The van der Waals surface area contributed by atoms with E-state index in [9.17, 15) is 4.39 Å². The number of hydrogen-bond donors (Lipinski definition) is 1. The van der Waals surface area contributed by atoms with E-state index in [4.69, 9.17) is 0 Å². The van der Waals surface area contributed by atoms with Gasteiger partial charge in [0, 0.05) is 12.4 Å². The van der Waals surface area contributed by atoms with Crippen molar-refractivity contribution >= 4 is 11.0 Å². The van der Waals surface area contributed by atoms with Crippen LogP contribution in [0, 0.1) is 12.7 Å². The predicted molar refractivity (Wildman–Crippen MR) is 38.6 cm³/mol. The molecule has 2 aromatic rings. The zero-order valence-corrected chi connectivity index (χ0v) is 5.93. The molecule has 0 fully saturated rings. The lowest BCUT2D eigenvalue weighted by Crippen LogP contribution is -1.86. The molecule has 11 heavy (non-hydrogen) atoms. The van der Waals surface area contributed by atoms with Gasteiger partial charge in [0.25, 0.3) is 0 Å². The minimum Gasteiger partial charge on any atom is -0.343 e. The normalized spacial score (nSPS) is 10.7. The maximum Gasteiger partial charge on any atom is 0.151 e. The third kappa shape index (κ3) is 0.869. The van der Waals surface area contributed by atoms with E-state index in [-0.39, 0.29) is 5.82 Å². The minimum absolute atomic E-state index is 0.306.